The third kappa shape index (κ3) is 8.01. The third-order valence-electron chi connectivity index (χ3n) is 6.41. The lowest BCUT2D eigenvalue weighted by atomic mass is 9.89. The van der Waals surface area contributed by atoms with Gasteiger partial charge in [0.2, 0.25) is 0 Å². The number of phenolic OH excluding ortho intramolecular Hbond substituents is 1. The molecule has 5 heteroatoms. The van der Waals surface area contributed by atoms with Gasteiger partial charge < -0.3 is 20.2 Å². The van der Waals surface area contributed by atoms with Crippen molar-refractivity contribution in [1.29, 1.82) is 0 Å². The number of carbonyl (C=O) groups is 1. The lowest BCUT2D eigenvalue weighted by Crippen LogP contribution is -2.38. The molecule has 1 fully saturated rings. The minimum Gasteiger partial charge on any atom is -0.508 e. The summed E-state index contributed by atoms with van der Waals surface area (Å²) in [5, 5.41) is 28.3. The molecule has 3 N–H and O–H groups in total. The lowest BCUT2D eigenvalue weighted by Gasteiger charge is -2.34. The number of phenols is 1. The fourth-order valence-corrected chi connectivity index (χ4v) is 4.41. The maximum absolute atomic E-state index is 10.5. The molecule has 0 saturated carbocycles. The van der Waals surface area contributed by atoms with E-state index in [1.54, 1.807) is 42.5 Å². The molecule has 1 aliphatic heterocycles. The number of nitrogens with zero attached hydrogens (tertiary/aromatic N) is 1. The van der Waals surface area contributed by atoms with Crippen LogP contribution >= 0.6 is 0 Å². The molecule has 1 saturated heterocycles. The van der Waals surface area contributed by atoms with Gasteiger partial charge in [0.1, 0.15) is 5.75 Å². The Morgan fingerprint density at radius 3 is 2.00 bits per heavy atom. The van der Waals surface area contributed by atoms with Crippen LogP contribution < -0.4 is 0 Å². The topological polar surface area (TPSA) is 81.0 Å². The van der Waals surface area contributed by atoms with Gasteiger partial charge in [-0.2, -0.15) is 0 Å². The van der Waals surface area contributed by atoms with Crippen LogP contribution in [0, 0.1) is 11.8 Å². The van der Waals surface area contributed by atoms with Crippen molar-refractivity contribution >= 4 is 5.97 Å². The van der Waals surface area contributed by atoms with Crippen molar-refractivity contribution in [3.8, 4) is 5.75 Å². The second-order valence-corrected chi connectivity index (χ2v) is 9.12. The van der Waals surface area contributed by atoms with Crippen LogP contribution in [0.2, 0.25) is 0 Å². The maximum atomic E-state index is 10.5. The summed E-state index contributed by atoms with van der Waals surface area (Å²) in [6.45, 7) is 5.25. The molecule has 1 heterocycles. The summed E-state index contributed by atoms with van der Waals surface area (Å²) >= 11 is 0. The minimum atomic E-state index is -0.879. The number of carboxylic acid groups (broad SMARTS) is 1. The molecule has 0 amide bonds. The Balaban J connectivity index is 0.000000302. The SMILES string of the molecule is CC(CN1CCC(Cc2ccccc2)CC1)C(O)c1ccc(O)cc1.O=C(O)c1ccccc1. The molecule has 4 rings (SSSR count). The van der Waals surface area contributed by atoms with Crippen LogP contribution in [0.4, 0.5) is 0 Å². The predicted molar refractivity (Wildman–Crippen MR) is 135 cm³/mol. The van der Waals surface area contributed by atoms with Crippen LogP contribution in [0.1, 0.15) is 47.4 Å². The fraction of sp³-hybridized carbons (Fsp3) is 0.345. The van der Waals surface area contributed by atoms with Crippen molar-refractivity contribution in [1.82, 2.24) is 4.90 Å². The number of carboxylic acids is 1. The van der Waals surface area contributed by atoms with Gasteiger partial charge in [-0.05, 0) is 79.6 Å². The number of aromatic hydroxyl groups is 1. The summed E-state index contributed by atoms with van der Waals surface area (Å²) < 4.78 is 0. The number of benzene rings is 3. The highest BCUT2D eigenvalue weighted by Crippen LogP contribution is 2.27. The van der Waals surface area contributed by atoms with Gasteiger partial charge in [0, 0.05) is 6.54 Å². The number of aromatic carboxylic acids is 1. The molecular formula is C29H35NO4. The van der Waals surface area contributed by atoms with Gasteiger partial charge in [-0.25, -0.2) is 4.79 Å². The van der Waals surface area contributed by atoms with Crippen molar-refractivity contribution in [3.63, 3.8) is 0 Å². The van der Waals surface area contributed by atoms with E-state index >= 15 is 0 Å². The number of rotatable bonds is 7. The normalized spacial score (nSPS) is 16.2. The largest absolute Gasteiger partial charge is 0.508 e. The molecule has 0 spiro atoms. The van der Waals surface area contributed by atoms with E-state index in [9.17, 15) is 15.0 Å². The minimum absolute atomic E-state index is 0.176. The van der Waals surface area contributed by atoms with E-state index in [4.69, 9.17) is 5.11 Å². The molecular weight excluding hydrogens is 426 g/mol. The summed E-state index contributed by atoms with van der Waals surface area (Å²) in [6.07, 6.45) is 3.16. The standard InChI is InChI=1S/C22H29NO2.C7H6O2/c1-17(22(25)20-7-9-21(24)10-8-20)16-23-13-11-19(12-14-23)15-18-5-3-2-4-6-18;8-7(9)6-4-2-1-3-5-6/h2-10,17,19,22,24-25H,11-16H2,1H3;1-5H,(H,8,9). The predicted octanol–water partition coefficient (Wildman–Crippen LogP) is 5.40. The Bertz CT molecular complexity index is 984. The summed E-state index contributed by atoms with van der Waals surface area (Å²) in [6, 6.07) is 26.0. The van der Waals surface area contributed by atoms with E-state index in [0.29, 0.717) is 5.56 Å². The monoisotopic (exact) mass is 461 g/mol. The van der Waals surface area contributed by atoms with Crippen molar-refractivity contribution in [3.05, 3.63) is 102 Å². The summed E-state index contributed by atoms with van der Waals surface area (Å²) in [7, 11) is 0. The Kier molecular flexibility index (Phi) is 9.68. The second-order valence-electron chi connectivity index (χ2n) is 9.12. The van der Waals surface area contributed by atoms with Gasteiger partial charge in [0.05, 0.1) is 11.7 Å². The van der Waals surface area contributed by atoms with E-state index in [2.05, 4.69) is 42.2 Å². The lowest BCUT2D eigenvalue weighted by molar-refractivity contribution is 0.0696. The van der Waals surface area contributed by atoms with Crippen LogP contribution in [0.25, 0.3) is 0 Å². The average Bonchev–Trinajstić information content (AvgIpc) is 2.87. The number of hydrogen-bond acceptors (Lipinski definition) is 4. The highest BCUT2D eigenvalue weighted by atomic mass is 16.4. The molecule has 1 aliphatic rings. The molecule has 0 aromatic heterocycles. The van der Waals surface area contributed by atoms with Crippen LogP contribution in [-0.4, -0.2) is 45.8 Å². The van der Waals surface area contributed by atoms with Gasteiger partial charge in [-0.1, -0.05) is 67.6 Å². The summed E-state index contributed by atoms with van der Waals surface area (Å²) in [5.41, 5.74) is 2.65. The van der Waals surface area contributed by atoms with E-state index in [-0.39, 0.29) is 11.7 Å². The molecule has 2 atom stereocenters. The Labute approximate surface area is 202 Å². The number of aliphatic hydroxyl groups excluding tert-OH is 1. The molecule has 2 unspecified atom stereocenters. The Hall–Kier alpha value is -3.15. The number of aliphatic hydroxyl groups is 1. The molecule has 3 aromatic rings. The first kappa shape index (κ1) is 25.5. The average molecular weight is 462 g/mol. The zero-order chi connectivity index (χ0) is 24.3. The zero-order valence-electron chi connectivity index (χ0n) is 19.8. The summed E-state index contributed by atoms with van der Waals surface area (Å²) in [5.74, 6) is 0.311. The second kappa shape index (κ2) is 12.9. The van der Waals surface area contributed by atoms with E-state index in [1.165, 1.54) is 24.8 Å². The van der Waals surface area contributed by atoms with Crippen LogP contribution in [0.15, 0.2) is 84.9 Å². The highest BCUT2D eigenvalue weighted by Gasteiger charge is 2.24. The molecule has 5 nitrogen and oxygen atoms in total. The van der Waals surface area contributed by atoms with Gasteiger partial charge in [0.25, 0.3) is 0 Å². The quantitative estimate of drug-likeness (QED) is 0.439. The van der Waals surface area contributed by atoms with E-state index in [1.807, 2.05) is 12.1 Å². The summed E-state index contributed by atoms with van der Waals surface area (Å²) in [4.78, 5) is 12.7. The van der Waals surface area contributed by atoms with Crippen molar-refractivity contribution in [2.45, 2.75) is 32.3 Å². The molecule has 3 aromatic carbocycles. The number of piperidine rings is 1. The highest BCUT2D eigenvalue weighted by molar-refractivity contribution is 5.87. The first-order valence-corrected chi connectivity index (χ1v) is 11.9. The third-order valence-corrected chi connectivity index (χ3v) is 6.41. The van der Waals surface area contributed by atoms with E-state index < -0.39 is 12.1 Å². The Morgan fingerprint density at radius 1 is 0.912 bits per heavy atom. The van der Waals surface area contributed by atoms with Crippen molar-refractivity contribution in [2.24, 2.45) is 11.8 Å². The van der Waals surface area contributed by atoms with Gasteiger partial charge in [-0.3, -0.25) is 0 Å². The molecule has 0 bridgehead atoms. The van der Waals surface area contributed by atoms with Crippen molar-refractivity contribution in [2.75, 3.05) is 19.6 Å². The first-order chi connectivity index (χ1) is 16.4. The zero-order valence-corrected chi connectivity index (χ0v) is 19.8. The first-order valence-electron chi connectivity index (χ1n) is 11.9. The maximum Gasteiger partial charge on any atom is 0.335 e. The molecule has 34 heavy (non-hydrogen) atoms. The van der Waals surface area contributed by atoms with Crippen LogP contribution in [0.3, 0.4) is 0 Å². The molecule has 0 radical (unpaired) electrons. The van der Waals surface area contributed by atoms with Gasteiger partial charge in [-0.15, -0.1) is 0 Å². The fourth-order valence-electron chi connectivity index (χ4n) is 4.41. The van der Waals surface area contributed by atoms with Crippen molar-refractivity contribution < 1.29 is 20.1 Å². The number of likely N-dealkylation sites (tertiary alicyclic amines) is 1. The number of hydrogen-bond donors (Lipinski definition) is 3. The molecule has 0 aliphatic carbocycles. The molecule has 180 valence electrons. The Morgan fingerprint density at radius 2 is 1.47 bits per heavy atom. The van der Waals surface area contributed by atoms with E-state index in [0.717, 1.165) is 31.1 Å². The van der Waals surface area contributed by atoms with Gasteiger partial charge >= 0.3 is 5.97 Å². The van der Waals surface area contributed by atoms with Crippen LogP contribution in [-0.2, 0) is 6.42 Å². The smallest absolute Gasteiger partial charge is 0.335 e. The van der Waals surface area contributed by atoms with Crippen LogP contribution in [0.5, 0.6) is 5.75 Å². The van der Waals surface area contributed by atoms with Gasteiger partial charge in [0.15, 0.2) is 0 Å².